The van der Waals surface area contributed by atoms with Crippen LogP contribution in [0.1, 0.15) is 48.1 Å². The lowest BCUT2D eigenvalue weighted by Crippen LogP contribution is -2.31. The molecule has 146 valence electrons. The molecule has 1 atom stereocenters. The minimum absolute atomic E-state index is 0.199. The van der Waals surface area contributed by atoms with Crippen molar-refractivity contribution in [3.05, 3.63) is 87.3 Å². The highest BCUT2D eigenvalue weighted by atomic mass is 16.5. The van der Waals surface area contributed by atoms with Gasteiger partial charge < -0.3 is 9.30 Å². The summed E-state index contributed by atoms with van der Waals surface area (Å²) in [6, 6.07) is 19.8. The van der Waals surface area contributed by atoms with Crippen molar-refractivity contribution < 1.29 is 4.74 Å². The van der Waals surface area contributed by atoms with E-state index >= 15 is 0 Å². The van der Waals surface area contributed by atoms with Crippen molar-refractivity contribution in [1.82, 2.24) is 4.57 Å². The first-order chi connectivity index (χ1) is 14.1. The predicted octanol–water partition coefficient (Wildman–Crippen LogP) is 4.88. The maximum atomic E-state index is 13.5. The zero-order valence-corrected chi connectivity index (χ0v) is 16.8. The normalized spacial score (nSPS) is 15.4. The second kappa shape index (κ2) is 7.97. The summed E-state index contributed by atoms with van der Waals surface area (Å²) in [5, 5.41) is 9.93. The predicted molar refractivity (Wildman–Crippen MR) is 114 cm³/mol. The summed E-state index contributed by atoms with van der Waals surface area (Å²) in [5.41, 5.74) is 5.02. The van der Waals surface area contributed by atoms with Gasteiger partial charge in [-0.25, -0.2) is 0 Å². The lowest BCUT2D eigenvalue weighted by Gasteiger charge is -2.29. The molecular weight excluding hydrogens is 360 g/mol. The van der Waals surface area contributed by atoms with Crippen molar-refractivity contribution in [3.63, 3.8) is 0 Å². The molecule has 1 heterocycles. The van der Waals surface area contributed by atoms with Gasteiger partial charge in [-0.05, 0) is 54.0 Å². The molecule has 1 unspecified atom stereocenters. The van der Waals surface area contributed by atoms with Gasteiger partial charge in [0.25, 0.3) is 5.56 Å². The molecule has 0 aliphatic heterocycles. The molecule has 0 saturated carbocycles. The molecule has 4 rings (SSSR count). The van der Waals surface area contributed by atoms with Gasteiger partial charge in [-0.15, -0.1) is 0 Å². The van der Waals surface area contributed by atoms with E-state index < -0.39 is 0 Å². The summed E-state index contributed by atoms with van der Waals surface area (Å²) in [7, 11) is 1.63. The summed E-state index contributed by atoms with van der Waals surface area (Å²) >= 11 is 0. The SMILES string of the molecule is COc1ccc(-c2c3c(n(Cc4ccccc4)c(=O)c2C#N)C(C)CCC3)cc1. The molecule has 4 nitrogen and oxygen atoms in total. The van der Waals surface area contributed by atoms with Gasteiger partial charge in [-0.3, -0.25) is 4.79 Å². The van der Waals surface area contributed by atoms with Crippen LogP contribution in [0.5, 0.6) is 5.75 Å². The molecule has 0 amide bonds. The molecule has 0 saturated heterocycles. The second-order valence-corrected chi connectivity index (χ2v) is 7.62. The second-order valence-electron chi connectivity index (χ2n) is 7.62. The van der Waals surface area contributed by atoms with Gasteiger partial charge in [-0.1, -0.05) is 49.4 Å². The topological polar surface area (TPSA) is 55.0 Å². The standard InChI is InChI=1S/C25H24N2O2/c1-17-7-6-10-21-23(19-11-13-20(29-2)14-12-19)22(15-26)25(28)27(24(17)21)16-18-8-4-3-5-9-18/h3-5,8-9,11-14,17H,6-7,10,16H2,1-2H3. The molecule has 0 radical (unpaired) electrons. The van der Waals surface area contributed by atoms with Crippen molar-refractivity contribution in [2.75, 3.05) is 7.11 Å². The third-order valence-electron chi connectivity index (χ3n) is 5.82. The lowest BCUT2D eigenvalue weighted by molar-refractivity contribution is 0.415. The van der Waals surface area contributed by atoms with Crippen LogP contribution < -0.4 is 10.3 Å². The average Bonchev–Trinajstić information content (AvgIpc) is 2.76. The third-order valence-corrected chi connectivity index (χ3v) is 5.82. The van der Waals surface area contributed by atoms with Crippen LogP contribution >= 0.6 is 0 Å². The number of aromatic nitrogens is 1. The van der Waals surface area contributed by atoms with Crippen LogP contribution in [0.15, 0.2) is 59.4 Å². The molecular formula is C25H24N2O2. The Bertz CT molecular complexity index is 1120. The summed E-state index contributed by atoms with van der Waals surface area (Å²) < 4.78 is 7.10. The van der Waals surface area contributed by atoms with E-state index in [2.05, 4.69) is 13.0 Å². The fourth-order valence-corrected chi connectivity index (χ4v) is 4.43. The number of hydrogen-bond acceptors (Lipinski definition) is 3. The molecule has 1 aliphatic rings. The lowest BCUT2D eigenvalue weighted by atomic mass is 9.81. The first kappa shape index (κ1) is 19.0. The Hall–Kier alpha value is -3.32. The molecule has 0 fully saturated rings. The van der Waals surface area contributed by atoms with Gasteiger partial charge >= 0.3 is 0 Å². The summed E-state index contributed by atoms with van der Waals surface area (Å²) in [6.45, 7) is 2.67. The van der Waals surface area contributed by atoms with Crippen molar-refractivity contribution in [2.45, 2.75) is 38.6 Å². The highest BCUT2D eigenvalue weighted by Gasteiger charge is 2.28. The Balaban J connectivity index is 1.98. The van der Waals surface area contributed by atoms with Gasteiger partial charge in [0, 0.05) is 11.3 Å². The molecule has 2 aromatic carbocycles. The highest BCUT2D eigenvalue weighted by Crippen LogP contribution is 2.38. The minimum Gasteiger partial charge on any atom is -0.497 e. The van der Waals surface area contributed by atoms with E-state index in [9.17, 15) is 10.1 Å². The van der Waals surface area contributed by atoms with Crippen LogP contribution in [0.25, 0.3) is 11.1 Å². The van der Waals surface area contributed by atoms with Crippen LogP contribution in [0, 0.1) is 11.3 Å². The van der Waals surface area contributed by atoms with Crippen molar-refractivity contribution in [2.24, 2.45) is 0 Å². The maximum Gasteiger partial charge on any atom is 0.269 e. The third kappa shape index (κ3) is 3.45. The fraction of sp³-hybridized carbons (Fsp3) is 0.280. The molecule has 1 aromatic heterocycles. The molecule has 3 aromatic rings. The molecule has 0 bridgehead atoms. The van der Waals surface area contributed by atoms with E-state index in [1.165, 1.54) is 0 Å². The van der Waals surface area contributed by atoms with E-state index in [1.807, 2.05) is 59.2 Å². The number of hydrogen-bond donors (Lipinski definition) is 0. The van der Waals surface area contributed by atoms with Gasteiger partial charge in [0.2, 0.25) is 0 Å². The Morgan fingerprint density at radius 2 is 1.86 bits per heavy atom. The van der Waals surface area contributed by atoms with E-state index in [-0.39, 0.29) is 17.0 Å². The van der Waals surface area contributed by atoms with Crippen LogP contribution in [0.4, 0.5) is 0 Å². The molecule has 1 aliphatic carbocycles. The Morgan fingerprint density at radius 1 is 1.14 bits per heavy atom. The summed E-state index contributed by atoms with van der Waals surface area (Å²) in [4.78, 5) is 13.5. The Kier molecular flexibility index (Phi) is 5.22. The molecule has 29 heavy (non-hydrogen) atoms. The van der Waals surface area contributed by atoms with E-state index in [0.717, 1.165) is 53.0 Å². The number of pyridine rings is 1. The molecule has 4 heteroatoms. The first-order valence-corrected chi connectivity index (χ1v) is 10.0. The minimum atomic E-state index is -0.199. The monoisotopic (exact) mass is 384 g/mol. The maximum absolute atomic E-state index is 13.5. The summed E-state index contributed by atoms with van der Waals surface area (Å²) in [6.07, 6.45) is 2.99. The Morgan fingerprint density at radius 3 is 2.52 bits per heavy atom. The zero-order chi connectivity index (χ0) is 20.4. The van der Waals surface area contributed by atoms with Gasteiger partial charge in [0.05, 0.1) is 13.7 Å². The molecule has 0 N–H and O–H groups in total. The van der Waals surface area contributed by atoms with Crippen LogP contribution in [0.3, 0.4) is 0 Å². The van der Waals surface area contributed by atoms with E-state index in [4.69, 9.17) is 4.74 Å². The van der Waals surface area contributed by atoms with Crippen LogP contribution in [-0.4, -0.2) is 11.7 Å². The van der Waals surface area contributed by atoms with Crippen molar-refractivity contribution in [1.29, 1.82) is 5.26 Å². The van der Waals surface area contributed by atoms with Crippen LogP contribution in [-0.2, 0) is 13.0 Å². The molecule has 0 spiro atoms. The zero-order valence-electron chi connectivity index (χ0n) is 16.8. The Labute approximate surface area is 171 Å². The number of ether oxygens (including phenoxy) is 1. The average molecular weight is 384 g/mol. The largest absolute Gasteiger partial charge is 0.497 e. The number of nitrogens with zero attached hydrogens (tertiary/aromatic N) is 2. The number of methoxy groups -OCH3 is 1. The quantitative estimate of drug-likeness (QED) is 0.644. The smallest absolute Gasteiger partial charge is 0.269 e. The summed E-state index contributed by atoms with van der Waals surface area (Å²) in [5.74, 6) is 1.03. The number of fused-ring (bicyclic) bond motifs is 1. The number of rotatable bonds is 4. The van der Waals surface area contributed by atoms with Crippen LogP contribution in [0.2, 0.25) is 0 Å². The van der Waals surface area contributed by atoms with Crippen molar-refractivity contribution in [3.8, 4) is 22.9 Å². The number of benzene rings is 2. The number of nitriles is 1. The van der Waals surface area contributed by atoms with Crippen molar-refractivity contribution >= 4 is 0 Å². The first-order valence-electron chi connectivity index (χ1n) is 10.0. The van der Waals surface area contributed by atoms with Gasteiger partial charge in [0.1, 0.15) is 17.4 Å². The highest BCUT2D eigenvalue weighted by molar-refractivity contribution is 5.75. The van der Waals surface area contributed by atoms with Gasteiger partial charge in [-0.2, -0.15) is 5.26 Å². The van der Waals surface area contributed by atoms with E-state index in [1.54, 1.807) is 7.11 Å². The fourth-order valence-electron chi connectivity index (χ4n) is 4.43. The van der Waals surface area contributed by atoms with E-state index in [0.29, 0.717) is 6.54 Å². The van der Waals surface area contributed by atoms with Gasteiger partial charge in [0.15, 0.2) is 0 Å².